The van der Waals surface area contributed by atoms with Crippen LogP contribution in [0.1, 0.15) is 54.4 Å². The fourth-order valence-electron chi connectivity index (χ4n) is 2.30. The molecule has 0 spiro atoms. The van der Waals surface area contributed by atoms with Crippen molar-refractivity contribution in [1.82, 2.24) is 0 Å². The maximum atomic E-state index is 13.7. The van der Waals surface area contributed by atoms with Crippen LogP contribution in [0, 0.1) is 16.2 Å². The lowest BCUT2D eigenvalue weighted by Crippen LogP contribution is -2.56. The molecule has 0 fully saturated rings. The van der Waals surface area contributed by atoms with Gasteiger partial charge in [0.15, 0.2) is 5.41 Å². The smallest absolute Gasteiger partial charge is 0.405 e. The molecule has 0 saturated heterocycles. The summed E-state index contributed by atoms with van der Waals surface area (Å²) in [6.45, 7) is 9.60. The number of rotatable bonds is 4. The van der Waals surface area contributed by atoms with Crippen molar-refractivity contribution in [3.05, 3.63) is 0 Å². The highest BCUT2D eigenvalue weighted by molar-refractivity contribution is 5.79. The van der Waals surface area contributed by atoms with Gasteiger partial charge in [0.05, 0.1) is 7.11 Å². The summed E-state index contributed by atoms with van der Waals surface area (Å²) < 4.78 is 45.5. The molecule has 1 unspecified atom stereocenters. The first kappa shape index (κ1) is 18.3. The van der Waals surface area contributed by atoms with Crippen LogP contribution in [0.25, 0.3) is 0 Å². The molecule has 0 aliphatic heterocycles. The molecule has 0 saturated carbocycles. The van der Waals surface area contributed by atoms with E-state index in [2.05, 4.69) is 4.74 Å². The molecular formula is C14H25F3O2. The molecule has 0 bridgehead atoms. The summed E-state index contributed by atoms with van der Waals surface area (Å²) in [6.07, 6.45) is -4.38. The lowest BCUT2D eigenvalue weighted by Gasteiger charge is -2.46. The number of hydrogen-bond donors (Lipinski definition) is 0. The lowest BCUT2D eigenvalue weighted by atomic mass is 9.59. The Morgan fingerprint density at radius 3 is 1.68 bits per heavy atom. The Balaban J connectivity index is 6.03. The van der Waals surface area contributed by atoms with Crippen molar-refractivity contribution in [3.8, 4) is 0 Å². The van der Waals surface area contributed by atoms with E-state index in [4.69, 9.17) is 0 Å². The van der Waals surface area contributed by atoms with Crippen LogP contribution in [0.2, 0.25) is 0 Å². The summed E-state index contributed by atoms with van der Waals surface area (Å²) in [5, 5.41) is 0. The monoisotopic (exact) mass is 282 g/mol. The minimum absolute atomic E-state index is 0.282. The van der Waals surface area contributed by atoms with Gasteiger partial charge in [-0.25, -0.2) is 0 Å². The average Bonchev–Trinajstić information content (AvgIpc) is 2.21. The summed E-state index contributed by atoms with van der Waals surface area (Å²) in [5.41, 5.74) is -4.37. The molecule has 0 N–H and O–H groups in total. The summed E-state index contributed by atoms with van der Waals surface area (Å²) in [6, 6.07) is 0. The van der Waals surface area contributed by atoms with Crippen molar-refractivity contribution in [3.63, 3.8) is 0 Å². The Hall–Kier alpha value is -0.740. The number of halogens is 3. The van der Waals surface area contributed by atoms with Crippen molar-refractivity contribution in [2.24, 2.45) is 16.2 Å². The summed E-state index contributed by atoms with van der Waals surface area (Å²) in [5.74, 6) is -1.20. The van der Waals surface area contributed by atoms with Crippen molar-refractivity contribution in [1.29, 1.82) is 0 Å². The minimum atomic E-state index is -4.65. The fraction of sp³-hybridized carbons (Fsp3) is 0.929. The predicted molar refractivity (Wildman–Crippen MR) is 68.6 cm³/mol. The summed E-state index contributed by atoms with van der Waals surface area (Å²) in [7, 11) is 1.01. The second kappa shape index (κ2) is 5.33. The minimum Gasteiger partial charge on any atom is -0.468 e. The first-order chi connectivity index (χ1) is 8.25. The van der Waals surface area contributed by atoms with Crippen LogP contribution < -0.4 is 0 Å². The molecule has 0 amide bonds. The number of ether oxygens (including phenoxy) is 1. The van der Waals surface area contributed by atoms with E-state index in [1.165, 1.54) is 20.8 Å². The van der Waals surface area contributed by atoms with Crippen molar-refractivity contribution in [2.75, 3.05) is 7.11 Å². The summed E-state index contributed by atoms with van der Waals surface area (Å²) >= 11 is 0. The maximum Gasteiger partial charge on any atom is 0.405 e. The quantitative estimate of drug-likeness (QED) is 0.705. The molecular weight excluding hydrogens is 257 g/mol. The van der Waals surface area contributed by atoms with Crippen LogP contribution >= 0.6 is 0 Å². The van der Waals surface area contributed by atoms with Gasteiger partial charge < -0.3 is 4.74 Å². The molecule has 2 nitrogen and oxygen atoms in total. The number of alkyl halides is 3. The molecule has 0 aromatic rings. The van der Waals surface area contributed by atoms with Crippen LogP contribution in [-0.2, 0) is 9.53 Å². The van der Waals surface area contributed by atoms with E-state index in [-0.39, 0.29) is 6.42 Å². The van der Waals surface area contributed by atoms with Crippen LogP contribution in [0.3, 0.4) is 0 Å². The molecule has 0 aromatic heterocycles. The maximum absolute atomic E-state index is 13.7. The van der Waals surface area contributed by atoms with Gasteiger partial charge in [-0.05, 0) is 17.3 Å². The van der Waals surface area contributed by atoms with Gasteiger partial charge in [0.2, 0.25) is 0 Å². The van der Waals surface area contributed by atoms with Gasteiger partial charge in [-0.2, -0.15) is 13.2 Å². The van der Waals surface area contributed by atoms with E-state index >= 15 is 0 Å². The van der Waals surface area contributed by atoms with Crippen LogP contribution in [0.4, 0.5) is 13.2 Å². The third-order valence-corrected chi connectivity index (χ3v) is 4.00. The van der Waals surface area contributed by atoms with Crippen molar-refractivity contribution >= 4 is 5.97 Å². The van der Waals surface area contributed by atoms with E-state index in [0.717, 1.165) is 7.11 Å². The molecule has 0 radical (unpaired) electrons. The fourth-order valence-corrected chi connectivity index (χ4v) is 2.30. The first-order valence-corrected chi connectivity index (χ1v) is 6.40. The first-order valence-electron chi connectivity index (χ1n) is 6.40. The van der Waals surface area contributed by atoms with E-state index in [0.29, 0.717) is 6.42 Å². The zero-order valence-electron chi connectivity index (χ0n) is 12.9. The van der Waals surface area contributed by atoms with E-state index in [1.54, 1.807) is 13.8 Å². The molecule has 0 heterocycles. The topological polar surface area (TPSA) is 26.3 Å². The number of methoxy groups -OCH3 is 1. The van der Waals surface area contributed by atoms with E-state index < -0.39 is 28.4 Å². The Kier molecular flexibility index (Phi) is 5.12. The van der Waals surface area contributed by atoms with Gasteiger partial charge in [0.1, 0.15) is 0 Å². The third-order valence-electron chi connectivity index (χ3n) is 4.00. The number of hydrogen-bond acceptors (Lipinski definition) is 2. The molecule has 0 rings (SSSR count). The Morgan fingerprint density at radius 2 is 1.47 bits per heavy atom. The van der Waals surface area contributed by atoms with Gasteiger partial charge in [-0.3, -0.25) is 4.79 Å². The zero-order valence-corrected chi connectivity index (χ0v) is 12.9. The van der Waals surface area contributed by atoms with Gasteiger partial charge >= 0.3 is 12.1 Å². The Morgan fingerprint density at radius 1 is 1.05 bits per heavy atom. The average molecular weight is 282 g/mol. The van der Waals surface area contributed by atoms with Gasteiger partial charge in [0, 0.05) is 0 Å². The largest absolute Gasteiger partial charge is 0.468 e. The molecule has 114 valence electrons. The Bertz CT molecular complexity index is 311. The SMILES string of the molecule is CCC(C)(C)CC(C(=O)OC)(C(C)(C)C)C(F)(F)F. The second-order valence-electron chi connectivity index (χ2n) is 6.84. The number of esters is 1. The highest BCUT2D eigenvalue weighted by atomic mass is 19.4. The van der Waals surface area contributed by atoms with E-state index in [9.17, 15) is 18.0 Å². The Labute approximate surface area is 113 Å². The van der Waals surface area contributed by atoms with Crippen molar-refractivity contribution in [2.45, 2.75) is 60.6 Å². The summed E-state index contributed by atoms with van der Waals surface area (Å²) in [4.78, 5) is 12.0. The molecule has 0 aliphatic carbocycles. The van der Waals surface area contributed by atoms with E-state index in [1.807, 2.05) is 6.92 Å². The lowest BCUT2D eigenvalue weighted by molar-refractivity contribution is -0.268. The highest BCUT2D eigenvalue weighted by Gasteiger charge is 2.68. The van der Waals surface area contributed by atoms with Gasteiger partial charge in [-0.15, -0.1) is 0 Å². The van der Waals surface area contributed by atoms with Crippen molar-refractivity contribution < 1.29 is 22.7 Å². The molecule has 5 heteroatoms. The van der Waals surface area contributed by atoms with Crippen LogP contribution in [-0.4, -0.2) is 19.3 Å². The third kappa shape index (κ3) is 3.42. The molecule has 1 atom stereocenters. The zero-order chi connectivity index (χ0) is 15.7. The molecule has 0 aromatic carbocycles. The number of carbonyl (C=O) groups is 1. The standard InChI is InChI=1S/C14H25F3O2/c1-8-12(5,6)9-13(10(18)19-7,11(2,3)4)14(15,16)17/h8-9H2,1-7H3. The van der Waals surface area contributed by atoms with Gasteiger partial charge in [0.25, 0.3) is 0 Å². The number of carbonyl (C=O) groups excluding carboxylic acids is 1. The van der Waals surface area contributed by atoms with Crippen LogP contribution in [0.5, 0.6) is 0 Å². The normalized spacial score (nSPS) is 16.9. The molecule has 19 heavy (non-hydrogen) atoms. The highest BCUT2D eigenvalue weighted by Crippen LogP contribution is 2.57. The van der Waals surface area contributed by atoms with Crippen LogP contribution in [0.15, 0.2) is 0 Å². The predicted octanol–water partition coefficient (Wildman–Crippen LogP) is 4.58. The second-order valence-corrected chi connectivity index (χ2v) is 6.84. The molecule has 0 aliphatic rings. The van der Waals surface area contributed by atoms with Gasteiger partial charge in [-0.1, -0.05) is 48.0 Å².